The Kier molecular flexibility index (Phi) is 8.02. The summed E-state index contributed by atoms with van der Waals surface area (Å²) in [6, 6.07) is 12.6. The van der Waals surface area contributed by atoms with E-state index in [1.165, 1.54) is 0 Å². The summed E-state index contributed by atoms with van der Waals surface area (Å²) in [4.78, 5) is 16.7. The lowest BCUT2D eigenvalue weighted by Gasteiger charge is -2.35. The lowest BCUT2D eigenvalue weighted by Crippen LogP contribution is -2.50. The van der Waals surface area contributed by atoms with Crippen LogP contribution in [0.15, 0.2) is 42.5 Å². The number of piperazine rings is 1. The lowest BCUT2D eigenvalue weighted by atomic mass is 10.1. The topological polar surface area (TPSA) is 108 Å². The number of nitrogens with one attached hydrogen (secondary N) is 1. The van der Waals surface area contributed by atoms with Crippen LogP contribution in [0.25, 0.3) is 11.3 Å². The summed E-state index contributed by atoms with van der Waals surface area (Å²) < 4.78 is 26.8. The third-order valence-corrected chi connectivity index (χ3v) is 6.10. The van der Waals surface area contributed by atoms with Gasteiger partial charge in [-0.05, 0) is 24.3 Å². The third kappa shape index (κ3) is 5.71. The molecule has 1 fully saturated rings. The maximum Gasteiger partial charge on any atom is 0.321 e. The molecule has 0 spiro atoms. The second-order valence-electron chi connectivity index (χ2n) is 8.20. The van der Waals surface area contributed by atoms with Crippen molar-refractivity contribution >= 4 is 17.5 Å². The molecule has 196 valence electrons. The Labute approximate surface area is 215 Å². The quantitative estimate of drug-likeness (QED) is 0.488. The van der Waals surface area contributed by atoms with Crippen molar-refractivity contribution < 1.29 is 28.5 Å². The van der Waals surface area contributed by atoms with Crippen LogP contribution in [0, 0.1) is 0 Å². The number of carbonyl (C=O) groups is 1. The van der Waals surface area contributed by atoms with Gasteiger partial charge in [-0.15, -0.1) is 10.2 Å². The van der Waals surface area contributed by atoms with Crippen LogP contribution < -0.4 is 33.9 Å². The van der Waals surface area contributed by atoms with Crippen molar-refractivity contribution in [1.82, 2.24) is 15.1 Å². The molecule has 2 aromatic carbocycles. The molecule has 0 bridgehead atoms. The van der Waals surface area contributed by atoms with Crippen molar-refractivity contribution in [2.45, 2.75) is 0 Å². The number of carbonyl (C=O) groups excluding carboxylic acids is 1. The molecule has 1 aliphatic heterocycles. The number of amides is 2. The van der Waals surface area contributed by atoms with Gasteiger partial charge in [-0.1, -0.05) is 0 Å². The van der Waals surface area contributed by atoms with Gasteiger partial charge < -0.3 is 38.8 Å². The molecule has 0 atom stereocenters. The van der Waals surface area contributed by atoms with E-state index in [0.29, 0.717) is 66.3 Å². The predicted octanol–water partition coefficient (Wildman–Crippen LogP) is 3.54. The van der Waals surface area contributed by atoms with Crippen LogP contribution in [0.1, 0.15) is 0 Å². The molecule has 0 unspecified atom stereocenters. The van der Waals surface area contributed by atoms with Crippen molar-refractivity contribution in [3.05, 3.63) is 42.5 Å². The molecule has 37 heavy (non-hydrogen) atoms. The van der Waals surface area contributed by atoms with Crippen LogP contribution in [0.3, 0.4) is 0 Å². The van der Waals surface area contributed by atoms with Crippen molar-refractivity contribution in [1.29, 1.82) is 0 Å². The Morgan fingerprint density at radius 1 is 0.757 bits per heavy atom. The molecule has 2 heterocycles. The van der Waals surface area contributed by atoms with E-state index >= 15 is 0 Å². The molecule has 1 N–H and O–H groups in total. The Balaban J connectivity index is 1.39. The molecule has 11 nitrogen and oxygen atoms in total. The van der Waals surface area contributed by atoms with Crippen LogP contribution in [0.4, 0.5) is 16.3 Å². The molecule has 0 aliphatic carbocycles. The van der Waals surface area contributed by atoms with Gasteiger partial charge in [0.15, 0.2) is 17.3 Å². The van der Waals surface area contributed by atoms with E-state index in [4.69, 9.17) is 23.7 Å². The molecular weight excluding hydrogens is 478 g/mol. The van der Waals surface area contributed by atoms with Crippen LogP contribution in [-0.4, -0.2) is 82.9 Å². The molecule has 1 aromatic heterocycles. The second-order valence-corrected chi connectivity index (χ2v) is 8.20. The first-order valence-corrected chi connectivity index (χ1v) is 11.7. The largest absolute Gasteiger partial charge is 0.497 e. The van der Waals surface area contributed by atoms with Gasteiger partial charge in [0.25, 0.3) is 0 Å². The summed E-state index contributed by atoms with van der Waals surface area (Å²) in [7, 11) is 7.85. The van der Waals surface area contributed by atoms with Crippen molar-refractivity contribution in [2.24, 2.45) is 0 Å². The number of aromatic nitrogens is 2. The van der Waals surface area contributed by atoms with E-state index < -0.39 is 0 Å². The number of benzene rings is 2. The van der Waals surface area contributed by atoms with Gasteiger partial charge in [-0.3, -0.25) is 0 Å². The Morgan fingerprint density at radius 3 is 1.86 bits per heavy atom. The molecule has 2 amide bonds. The number of hydrogen-bond donors (Lipinski definition) is 1. The maximum absolute atomic E-state index is 12.8. The number of urea groups is 1. The summed E-state index contributed by atoms with van der Waals surface area (Å²) in [5.41, 5.74) is 2.08. The lowest BCUT2D eigenvalue weighted by molar-refractivity contribution is 0.208. The first kappa shape index (κ1) is 25.7. The summed E-state index contributed by atoms with van der Waals surface area (Å²) in [5, 5.41) is 11.8. The highest BCUT2D eigenvalue weighted by Crippen LogP contribution is 2.40. The first-order chi connectivity index (χ1) is 18.0. The van der Waals surface area contributed by atoms with E-state index in [9.17, 15) is 4.79 Å². The van der Waals surface area contributed by atoms with E-state index in [-0.39, 0.29) is 6.03 Å². The molecule has 0 radical (unpaired) electrons. The van der Waals surface area contributed by atoms with E-state index in [1.54, 1.807) is 58.6 Å². The highest BCUT2D eigenvalue weighted by atomic mass is 16.5. The molecule has 1 saturated heterocycles. The molecule has 4 rings (SSSR count). The van der Waals surface area contributed by atoms with Crippen molar-refractivity contribution in [3.63, 3.8) is 0 Å². The Hall–Kier alpha value is -4.41. The second kappa shape index (κ2) is 11.5. The van der Waals surface area contributed by atoms with Gasteiger partial charge in [0.2, 0.25) is 5.75 Å². The van der Waals surface area contributed by atoms with Gasteiger partial charge in [0, 0.05) is 55.6 Å². The minimum atomic E-state index is -0.182. The fraction of sp³-hybridized carbons (Fsp3) is 0.346. The average molecular weight is 510 g/mol. The summed E-state index contributed by atoms with van der Waals surface area (Å²) in [6.45, 7) is 2.35. The highest BCUT2D eigenvalue weighted by molar-refractivity contribution is 5.90. The summed E-state index contributed by atoms with van der Waals surface area (Å²) >= 11 is 0. The zero-order chi connectivity index (χ0) is 26.4. The molecule has 1 aliphatic rings. The van der Waals surface area contributed by atoms with Gasteiger partial charge in [0.05, 0.1) is 41.2 Å². The fourth-order valence-electron chi connectivity index (χ4n) is 4.10. The highest BCUT2D eigenvalue weighted by Gasteiger charge is 2.23. The van der Waals surface area contributed by atoms with Gasteiger partial charge in [-0.2, -0.15) is 0 Å². The normalized spacial score (nSPS) is 13.1. The Morgan fingerprint density at radius 2 is 1.38 bits per heavy atom. The van der Waals surface area contributed by atoms with Gasteiger partial charge >= 0.3 is 6.03 Å². The summed E-state index contributed by atoms with van der Waals surface area (Å²) in [5.74, 6) is 3.56. The average Bonchev–Trinajstić information content (AvgIpc) is 2.96. The number of ether oxygens (including phenoxy) is 5. The van der Waals surface area contributed by atoms with E-state index in [1.807, 2.05) is 24.3 Å². The summed E-state index contributed by atoms with van der Waals surface area (Å²) in [6.07, 6.45) is 0. The van der Waals surface area contributed by atoms with Crippen molar-refractivity contribution in [2.75, 3.05) is 71.9 Å². The Bertz CT molecular complexity index is 1180. The van der Waals surface area contributed by atoms with Crippen LogP contribution >= 0.6 is 0 Å². The fourth-order valence-corrected chi connectivity index (χ4v) is 4.10. The van der Waals surface area contributed by atoms with Gasteiger partial charge in [-0.25, -0.2) is 4.79 Å². The molecular formula is C26H31N5O6. The SMILES string of the molecule is COc1cc(NC(=O)N2CCN(c3ccc(-c4cc(OC)c(OC)c(OC)c4)nn3)CC2)cc(OC)c1. The van der Waals surface area contributed by atoms with Gasteiger partial charge in [0.1, 0.15) is 11.5 Å². The number of hydrogen-bond acceptors (Lipinski definition) is 9. The van der Waals surface area contributed by atoms with Crippen LogP contribution in [0.2, 0.25) is 0 Å². The minimum absolute atomic E-state index is 0.182. The predicted molar refractivity (Wildman–Crippen MR) is 139 cm³/mol. The first-order valence-electron chi connectivity index (χ1n) is 11.7. The van der Waals surface area contributed by atoms with E-state index in [0.717, 1.165) is 11.4 Å². The standard InChI is InChI=1S/C26H31N5O6/c1-33-19-14-18(15-20(16-19)34-2)27-26(32)31-10-8-30(9-11-31)24-7-6-21(28-29-24)17-12-22(35-3)25(37-5)23(13-17)36-4/h6-7,12-16H,8-11H2,1-5H3,(H,27,32). The molecule has 3 aromatic rings. The number of anilines is 2. The molecule has 11 heteroatoms. The number of methoxy groups -OCH3 is 5. The van der Waals surface area contributed by atoms with E-state index in [2.05, 4.69) is 20.4 Å². The molecule has 0 saturated carbocycles. The third-order valence-electron chi connectivity index (χ3n) is 6.10. The maximum atomic E-state index is 12.8. The number of nitrogens with zero attached hydrogens (tertiary/aromatic N) is 4. The zero-order valence-electron chi connectivity index (χ0n) is 21.6. The zero-order valence-corrected chi connectivity index (χ0v) is 21.6. The van der Waals surface area contributed by atoms with Crippen molar-refractivity contribution in [3.8, 4) is 40.0 Å². The number of rotatable bonds is 8. The van der Waals surface area contributed by atoms with Crippen LogP contribution in [-0.2, 0) is 0 Å². The van der Waals surface area contributed by atoms with Crippen LogP contribution in [0.5, 0.6) is 28.7 Å². The smallest absolute Gasteiger partial charge is 0.321 e. The monoisotopic (exact) mass is 509 g/mol. The minimum Gasteiger partial charge on any atom is -0.497 e.